The fourth-order valence-electron chi connectivity index (χ4n) is 2.79. The first-order valence-corrected chi connectivity index (χ1v) is 7.34. The van der Waals surface area contributed by atoms with Crippen molar-refractivity contribution in [3.63, 3.8) is 0 Å². The van der Waals surface area contributed by atoms with Crippen molar-refractivity contribution >= 4 is 5.84 Å². The van der Waals surface area contributed by atoms with Gasteiger partial charge >= 0.3 is 0 Å². The first-order chi connectivity index (χ1) is 10.2. The van der Waals surface area contributed by atoms with Gasteiger partial charge in [-0.1, -0.05) is 25.0 Å². The lowest BCUT2D eigenvalue weighted by molar-refractivity contribution is 0.297. The van der Waals surface area contributed by atoms with Crippen LogP contribution < -0.4 is 10.5 Å². The van der Waals surface area contributed by atoms with Crippen LogP contribution in [-0.4, -0.2) is 15.6 Å². The van der Waals surface area contributed by atoms with Gasteiger partial charge in [-0.05, 0) is 31.0 Å². The summed E-state index contributed by atoms with van der Waals surface area (Å²) in [6.45, 7) is 0.393. The third-order valence-corrected chi connectivity index (χ3v) is 3.92. The highest BCUT2D eigenvalue weighted by Gasteiger charge is 2.17. The van der Waals surface area contributed by atoms with E-state index >= 15 is 0 Å². The molecule has 5 nitrogen and oxygen atoms in total. The predicted octanol–water partition coefficient (Wildman–Crippen LogP) is 2.86. The van der Waals surface area contributed by atoms with Gasteiger partial charge < -0.3 is 10.5 Å². The molecule has 2 aromatic rings. The predicted molar refractivity (Wildman–Crippen MR) is 81.5 cm³/mol. The average Bonchev–Trinajstić information content (AvgIpc) is 3.16. The maximum atomic E-state index is 7.55. The zero-order valence-corrected chi connectivity index (χ0v) is 12.0. The normalized spacial score (nSPS) is 15.2. The number of nitrogens with one attached hydrogen (secondary N) is 1. The summed E-state index contributed by atoms with van der Waals surface area (Å²) in [6.07, 6.45) is 7.06. The van der Waals surface area contributed by atoms with E-state index in [1.807, 2.05) is 30.5 Å². The first kappa shape index (κ1) is 13.7. The van der Waals surface area contributed by atoms with Crippen molar-refractivity contribution in [2.24, 2.45) is 5.73 Å². The molecular weight excluding hydrogens is 264 g/mol. The highest BCUT2D eigenvalue weighted by molar-refractivity contribution is 5.97. The Morgan fingerprint density at radius 2 is 2.05 bits per heavy atom. The summed E-state index contributed by atoms with van der Waals surface area (Å²) in [5.41, 5.74) is 7.08. The summed E-state index contributed by atoms with van der Waals surface area (Å²) in [7, 11) is 0. The van der Waals surface area contributed by atoms with E-state index in [0.717, 1.165) is 5.69 Å². The highest BCUT2D eigenvalue weighted by Crippen LogP contribution is 2.28. The maximum absolute atomic E-state index is 7.55. The SMILES string of the molecule is N=C(N)c1ccccc1OCc1ccn(C2CCCC2)n1. The van der Waals surface area contributed by atoms with Gasteiger partial charge in [0.2, 0.25) is 0 Å². The van der Waals surface area contributed by atoms with E-state index in [2.05, 4.69) is 9.78 Å². The molecule has 3 rings (SSSR count). The lowest BCUT2D eigenvalue weighted by atomic mass is 10.2. The second-order valence-corrected chi connectivity index (χ2v) is 5.42. The number of nitrogen functional groups attached to an aromatic ring is 1. The van der Waals surface area contributed by atoms with Gasteiger partial charge in [0.05, 0.1) is 17.3 Å². The minimum absolute atomic E-state index is 0.0158. The molecule has 0 bridgehead atoms. The quantitative estimate of drug-likeness (QED) is 0.654. The van der Waals surface area contributed by atoms with Gasteiger partial charge in [-0.3, -0.25) is 10.1 Å². The monoisotopic (exact) mass is 284 g/mol. The number of rotatable bonds is 5. The molecule has 1 aromatic heterocycles. The minimum atomic E-state index is 0.0158. The Kier molecular flexibility index (Phi) is 3.90. The fourth-order valence-corrected chi connectivity index (χ4v) is 2.79. The molecule has 0 saturated heterocycles. The molecule has 5 heteroatoms. The van der Waals surface area contributed by atoms with Gasteiger partial charge in [0.15, 0.2) is 0 Å². The number of aromatic nitrogens is 2. The van der Waals surface area contributed by atoms with Crippen molar-refractivity contribution in [2.45, 2.75) is 38.3 Å². The molecule has 0 atom stereocenters. The van der Waals surface area contributed by atoms with E-state index in [1.54, 1.807) is 6.07 Å². The van der Waals surface area contributed by atoms with Crippen molar-refractivity contribution in [1.82, 2.24) is 9.78 Å². The Morgan fingerprint density at radius 1 is 1.29 bits per heavy atom. The molecule has 3 N–H and O–H groups in total. The van der Waals surface area contributed by atoms with E-state index in [9.17, 15) is 0 Å². The molecule has 0 radical (unpaired) electrons. The van der Waals surface area contributed by atoms with E-state index in [0.29, 0.717) is 24.0 Å². The molecule has 1 heterocycles. The molecular formula is C16H20N4O. The van der Waals surface area contributed by atoms with Gasteiger partial charge in [0.25, 0.3) is 0 Å². The van der Waals surface area contributed by atoms with E-state index in [1.165, 1.54) is 25.7 Å². The molecule has 110 valence electrons. The second kappa shape index (κ2) is 5.99. The third kappa shape index (κ3) is 3.07. The average molecular weight is 284 g/mol. The van der Waals surface area contributed by atoms with Crippen LogP contribution >= 0.6 is 0 Å². The van der Waals surface area contributed by atoms with Crippen molar-refractivity contribution in [1.29, 1.82) is 5.41 Å². The van der Waals surface area contributed by atoms with Gasteiger partial charge in [-0.2, -0.15) is 5.10 Å². The molecule has 1 aliphatic rings. The topological polar surface area (TPSA) is 76.9 Å². The van der Waals surface area contributed by atoms with Crippen LogP contribution in [-0.2, 0) is 6.61 Å². The Labute approximate surface area is 124 Å². The summed E-state index contributed by atoms with van der Waals surface area (Å²) in [5, 5.41) is 12.1. The molecule has 0 spiro atoms. The second-order valence-electron chi connectivity index (χ2n) is 5.42. The summed E-state index contributed by atoms with van der Waals surface area (Å²) < 4.78 is 7.82. The third-order valence-electron chi connectivity index (χ3n) is 3.92. The molecule has 1 aromatic carbocycles. The Balaban J connectivity index is 1.66. The Bertz CT molecular complexity index is 629. The largest absolute Gasteiger partial charge is 0.486 e. The summed E-state index contributed by atoms with van der Waals surface area (Å²) in [4.78, 5) is 0. The molecule has 1 fully saturated rings. The lowest BCUT2D eigenvalue weighted by Gasteiger charge is -2.10. The molecule has 1 aliphatic carbocycles. The van der Waals surface area contributed by atoms with Gasteiger partial charge in [-0.25, -0.2) is 0 Å². The molecule has 0 amide bonds. The van der Waals surface area contributed by atoms with Crippen molar-refractivity contribution in [3.8, 4) is 5.75 Å². The standard InChI is InChI=1S/C16H20N4O/c17-16(18)14-7-3-4-8-15(14)21-11-12-9-10-20(19-12)13-5-1-2-6-13/h3-4,7-10,13H,1-2,5-6,11H2,(H3,17,18). The lowest BCUT2D eigenvalue weighted by Crippen LogP contribution is -2.13. The highest BCUT2D eigenvalue weighted by atomic mass is 16.5. The van der Waals surface area contributed by atoms with Crippen LogP contribution in [0.15, 0.2) is 36.5 Å². The number of nitrogens with two attached hydrogens (primary N) is 1. The summed E-state index contributed by atoms with van der Waals surface area (Å²) in [6, 6.07) is 9.87. The van der Waals surface area contributed by atoms with E-state index in [4.69, 9.17) is 15.9 Å². The van der Waals surface area contributed by atoms with Crippen LogP contribution in [0, 0.1) is 5.41 Å². The van der Waals surface area contributed by atoms with Crippen LogP contribution in [0.5, 0.6) is 5.75 Å². The number of hydrogen-bond donors (Lipinski definition) is 2. The molecule has 21 heavy (non-hydrogen) atoms. The van der Waals surface area contributed by atoms with Gasteiger partial charge in [0.1, 0.15) is 18.2 Å². The molecule has 1 saturated carbocycles. The zero-order valence-electron chi connectivity index (χ0n) is 12.0. The Morgan fingerprint density at radius 3 is 2.81 bits per heavy atom. The molecule has 0 aliphatic heterocycles. The molecule has 0 unspecified atom stereocenters. The van der Waals surface area contributed by atoms with Crippen LogP contribution in [0.3, 0.4) is 0 Å². The number of para-hydroxylation sites is 1. The number of ether oxygens (including phenoxy) is 1. The first-order valence-electron chi connectivity index (χ1n) is 7.34. The summed E-state index contributed by atoms with van der Waals surface area (Å²) >= 11 is 0. The van der Waals surface area contributed by atoms with Crippen LogP contribution in [0.25, 0.3) is 0 Å². The van der Waals surface area contributed by atoms with Crippen molar-refractivity contribution in [3.05, 3.63) is 47.8 Å². The van der Waals surface area contributed by atoms with Crippen LogP contribution in [0.2, 0.25) is 0 Å². The van der Waals surface area contributed by atoms with Crippen LogP contribution in [0.1, 0.15) is 43.0 Å². The number of hydrogen-bond acceptors (Lipinski definition) is 3. The van der Waals surface area contributed by atoms with Gasteiger partial charge in [0, 0.05) is 6.20 Å². The van der Waals surface area contributed by atoms with Crippen molar-refractivity contribution < 1.29 is 4.74 Å². The number of nitrogens with zero attached hydrogens (tertiary/aromatic N) is 2. The van der Waals surface area contributed by atoms with E-state index in [-0.39, 0.29) is 5.84 Å². The van der Waals surface area contributed by atoms with Crippen molar-refractivity contribution in [2.75, 3.05) is 0 Å². The summed E-state index contributed by atoms with van der Waals surface area (Å²) in [5.74, 6) is 0.641. The minimum Gasteiger partial charge on any atom is -0.486 e. The van der Waals surface area contributed by atoms with E-state index < -0.39 is 0 Å². The smallest absolute Gasteiger partial charge is 0.132 e. The zero-order chi connectivity index (χ0) is 14.7. The fraction of sp³-hybridized carbons (Fsp3) is 0.375. The number of amidine groups is 1. The van der Waals surface area contributed by atoms with Gasteiger partial charge in [-0.15, -0.1) is 0 Å². The Hall–Kier alpha value is -2.30. The number of benzene rings is 1. The van der Waals surface area contributed by atoms with Crippen LogP contribution in [0.4, 0.5) is 0 Å². The maximum Gasteiger partial charge on any atom is 0.132 e.